The van der Waals surface area contributed by atoms with Gasteiger partial charge in [0.2, 0.25) is 15.9 Å². The van der Waals surface area contributed by atoms with Crippen LogP contribution in [0.4, 0.5) is 11.4 Å². The van der Waals surface area contributed by atoms with Gasteiger partial charge in [0, 0.05) is 25.8 Å². The van der Waals surface area contributed by atoms with Crippen molar-refractivity contribution in [3.8, 4) is 0 Å². The van der Waals surface area contributed by atoms with Crippen molar-refractivity contribution in [2.45, 2.75) is 24.3 Å². The van der Waals surface area contributed by atoms with Crippen LogP contribution in [0.15, 0.2) is 23.1 Å². The number of amides is 1. The van der Waals surface area contributed by atoms with Crippen LogP contribution in [-0.4, -0.2) is 44.9 Å². The van der Waals surface area contributed by atoms with Crippen LogP contribution in [0.25, 0.3) is 0 Å². The summed E-state index contributed by atoms with van der Waals surface area (Å²) in [5.74, 6) is 0.00263. The van der Waals surface area contributed by atoms with Gasteiger partial charge >= 0.3 is 0 Å². The molecule has 4 N–H and O–H groups in total. The predicted octanol–water partition coefficient (Wildman–Crippen LogP) is -0.0268. The number of primary sulfonamides is 1. The Kier molecular flexibility index (Phi) is 3.63. The molecule has 1 amide bonds. The summed E-state index contributed by atoms with van der Waals surface area (Å²) in [4.78, 5) is 15.8. The average molecular weight is 312 g/mol. The van der Waals surface area contributed by atoms with Gasteiger partial charge in [-0.1, -0.05) is 0 Å². The molecule has 0 aromatic heterocycles. The standard InChI is InChI=1S/C13H20N4O3S/c1-13(2)12(18)16(3)6-7-17(13)9-4-5-11(10(14)8-9)21(15,19)20/h4-5,8H,6-7,14H2,1-3H3,(H2,15,19,20). The second-order valence-corrected chi connectivity index (χ2v) is 7.23. The molecule has 0 saturated carbocycles. The summed E-state index contributed by atoms with van der Waals surface area (Å²) in [6, 6.07) is 4.54. The molecule has 1 heterocycles. The fraction of sp³-hybridized carbons (Fsp3) is 0.462. The minimum Gasteiger partial charge on any atom is -0.398 e. The number of hydrogen-bond acceptors (Lipinski definition) is 5. The van der Waals surface area contributed by atoms with Gasteiger partial charge in [-0.25, -0.2) is 13.6 Å². The van der Waals surface area contributed by atoms with Gasteiger partial charge in [-0.15, -0.1) is 0 Å². The molecule has 0 unspecified atom stereocenters. The first-order chi connectivity index (χ1) is 9.55. The molecule has 1 aromatic rings. The van der Waals surface area contributed by atoms with Gasteiger partial charge in [-0.05, 0) is 32.0 Å². The number of nitrogen functional groups attached to an aromatic ring is 1. The Balaban J connectivity index is 2.44. The number of nitrogens with zero attached hydrogens (tertiary/aromatic N) is 2. The van der Waals surface area contributed by atoms with E-state index in [9.17, 15) is 13.2 Å². The number of nitrogens with two attached hydrogens (primary N) is 2. The van der Waals surface area contributed by atoms with Gasteiger partial charge in [0.25, 0.3) is 0 Å². The van der Waals surface area contributed by atoms with E-state index < -0.39 is 15.6 Å². The third kappa shape index (κ3) is 2.68. The highest BCUT2D eigenvalue weighted by molar-refractivity contribution is 7.89. The Hall–Kier alpha value is -1.80. The van der Waals surface area contributed by atoms with Crippen LogP contribution in [0.1, 0.15) is 13.8 Å². The van der Waals surface area contributed by atoms with Crippen molar-refractivity contribution in [1.29, 1.82) is 0 Å². The third-order valence-electron chi connectivity index (χ3n) is 3.82. The van der Waals surface area contributed by atoms with Crippen LogP contribution < -0.4 is 15.8 Å². The molecule has 1 aliphatic heterocycles. The maximum atomic E-state index is 12.3. The number of benzene rings is 1. The molecule has 0 aliphatic carbocycles. The number of rotatable bonds is 2. The fourth-order valence-corrected chi connectivity index (χ4v) is 3.27. The average Bonchev–Trinajstić information content (AvgIpc) is 2.34. The predicted molar refractivity (Wildman–Crippen MR) is 81.3 cm³/mol. The van der Waals surface area contributed by atoms with Crippen LogP contribution in [0.5, 0.6) is 0 Å². The Labute approximate surface area is 124 Å². The fourth-order valence-electron chi connectivity index (χ4n) is 2.63. The minimum absolute atomic E-state index is 0.00263. The Morgan fingerprint density at radius 1 is 1.24 bits per heavy atom. The first-order valence-corrected chi connectivity index (χ1v) is 8.05. The van der Waals surface area contributed by atoms with Crippen LogP contribution >= 0.6 is 0 Å². The van der Waals surface area contributed by atoms with Crippen molar-refractivity contribution in [2.75, 3.05) is 30.8 Å². The molecule has 0 spiro atoms. The maximum Gasteiger partial charge on any atom is 0.247 e. The molecule has 21 heavy (non-hydrogen) atoms. The van der Waals surface area contributed by atoms with Crippen molar-refractivity contribution in [1.82, 2.24) is 4.90 Å². The van der Waals surface area contributed by atoms with Gasteiger partial charge in [0.05, 0.1) is 5.69 Å². The first-order valence-electron chi connectivity index (χ1n) is 6.50. The zero-order valence-corrected chi connectivity index (χ0v) is 13.1. The lowest BCUT2D eigenvalue weighted by Crippen LogP contribution is -2.62. The molecular weight excluding hydrogens is 292 g/mol. The molecule has 8 heteroatoms. The minimum atomic E-state index is -3.85. The van der Waals surface area contributed by atoms with E-state index in [0.717, 1.165) is 0 Å². The molecule has 1 aromatic carbocycles. The van der Waals surface area contributed by atoms with Crippen LogP contribution in [0, 0.1) is 0 Å². The Morgan fingerprint density at radius 2 is 1.86 bits per heavy atom. The zero-order chi connectivity index (χ0) is 16.0. The second-order valence-electron chi connectivity index (χ2n) is 5.70. The van der Waals surface area contributed by atoms with E-state index in [0.29, 0.717) is 18.8 Å². The first kappa shape index (κ1) is 15.6. The van der Waals surface area contributed by atoms with Crippen molar-refractivity contribution in [3.63, 3.8) is 0 Å². The molecule has 0 radical (unpaired) electrons. The van der Waals surface area contributed by atoms with Crippen molar-refractivity contribution < 1.29 is 13.2 Å². The molecule has 7 nitrogen and oxygen atoms in total. The van der Waals surface area contributed by atoms with E-state index in [4.69, 9.17) is 10.9 Å². The maximum absolute atomic E-state index is 12.3. The quantitative estimate of drug-likeness (QED) is 0.745. The van der Waals surface area contributed by atoms with Crippen molar-refractivity contribution >= 4 is 27.3 Å². The lowest BCUT2D eigenvalue weighted by molar-refractivity contribution is -0.136. The van der Waals surface area contributed by atoms with E-state index in [1.165, 1.54) is 6.07 Å². The topological polar surface area (TPSA) is 110 Å². The third-order valence-corrected chi connectivity index (χ3v) is 4.80. The van der Waals surface area contributed by atoms with Crippen LogP contribution in [0.3, 0.4) is 0 Å². The molecule has 1 saturated heterocycles. The number of piperazine rings is 1. The highest BCUT2D eigenvalue weighted by Crippen LogP contribution is 2.31. The summed E-state index contributed by atoms with van der Waals surface area (Å²) in [6.07, 6.45) is 0. The molecule has 116 valence electrons. The van der Waals surface area contributed by atoms with Gasteiger partial charge in [0.1, 0.15) is 10.4 Å². The van der Waals surface area contributed by atoms with Crippen molar-refractivity contribution in [2.24, 2.45) is 5.14 Å². The number of likely N-dealkylation sites (N-methyl/N-ethyl adjacent to an activating group) is 1. The van der Waals surface area contributed by atoms with E-state index in [1.54, 1.807) is 24.1 Å². The van der Waals surface area contributed by atoms with Gasteiger partial charge in [0.15, 0.2) is 0 Å². The van der Waals surface area contributed by atoms with Gasteiger partial charge in [-0.2, -0.15) is 0 Å². The second kappa shape index (κ2) is 4.88. The zero-order valence-electron chi connectivity index (χ0n) is 12.3. The normalized spacial score (nSPS) is 19.0. The Morgan fingerprint density at radius 3 is 2.38 bits per heavy atom. The highest BCUT2D eigenvalue weighted by atomic mass is 32.2. The SMILES string of the molecule is CN1CCN(c2ccc(S(N)(=O)=O)c(N)c2)C(C)(C)C1=O. The van der Waals surface area contributed by atoms with Crippen LogP contribution in [-0.2, 0) is 14.8 Å². The van der Waals surface area contributed by atoms with E-state index in [-0.39, 0.29) is 16.5 Å². The molecule has 1 aliphatic rings. The summed E-state index contributed by atoms with van der Waals surface area (Å²) >= 11 is 0. The summed E-state index contributed by atoms with van der Waals surface area (Å²) in [5, 5.41) is 5.10. The number of sulfonamides is 1. The van der Waals surface area contributed by atoms with Gasteiger partial charge in [-0.3, -0.25) is 4.79 Å². The van der Waals surface area contributed by atoms with Crippen molar-refractivity contribution in [3.05, 3.63) is 18.2 Å². The number of hydrogen-bond donors (Lipinski definition) is 2. The lowest BCUT2D eigenvalue weighted by atomic mass is 9.96. The number of anilines is 2. The molecule has 1 fully saturated rings. The summed E-state index contributed by atoms with van der Waals surface area (Å²) in [5.41, 5.74) is 5.84. The largest absolute Gasteiger partial charge is 0.398 e. The summed E-state index contributed by atoms with van der Waals surface area (Å²) in [7, 11) is -2.08. The number of carbonyl (C=O) groups is 1. The smallest absolute Gasteiger partial charge is 0.247 e. The summed E-state index contributed by atoms with van der Waals surface area (Å²) < 4.78 is 22.8. The molecule has 2 rings (SSSR count). The molecule has 0 bridgehead atoms. The molecular formula is C13H20N4O3S. The highest BCUT2D eigenvalue weighted by Gasteiger charge is 2.40. The van der Waals surface area contributed by atoms with Crippen LogP contribution in [0.2, 0.25) is 0 Å². The lowest BCUT2D eigenvalue weighted by Gasteiger charge is -2.46. The Bertz CT molecular complexity index is 685. The van der Waals surface area contributed by atoms with E-state index >= 15 is 0 Å². The summed E-state index contributed by atoms with van der Waals surface area (Å²) in [6.45, 7) is 4.89. The van der Waals surface area contributed by atoms with E-state index in [1.807, 2.05) is 18.7 Å². The number of carbonyl (C=O) groups excluding carboxylic acids is 1. The monoisotopic (exact) mass is 312 g/mol. The molecule has 0 atom stereocenters. The van der Waals surface area contributed by atoms with Gasteiger partial charge < -0.3 is 15.5 Å². The van der Waals surface area contributed by atoms with E-state index in [2.05, 4.69) is 0 Å².